The number of methoxy groups -OCH3 is 1. The van der Waals surface area contributed by atoms with Gasteiger partial charge in [-0.3, -0.25) is 4.79 Å². The maximum absolute atomic E-state index is 12.1. The third kappa shape index (κ3) is 4.78. The summed E-state index contributed by atoms with van der Waals surface area (Å²) in [6, 6.07) is 15.6. The molecule has 0 heterocycles. The van der Waals surface area contributed by atoms with Crippen molar-refractivity contribution in [2.75, 3.05) is 12.9 Å². The Hall–Kier alpha value is -1.46. The van der Waals surface area contributed by atoms with Crippen molar-refractivity contribution in [3.8, 4) is 5.75 Å². The number of rotatable bonds is 6. The summed E-state index contributed by atoms with van der Waals surface area (Å²) in [4.78, 5) is 13.1. The van der Waals surface area contributed by atoms with Gasteiger partial charge in [-0.15, -0.1) is 11.8 Å². The summed E-state index contributed by atoms with van der Waals surface area (Å²) in [5.41, 5.74) is 1.07. The average molecular weight is 380 g/mol. The van der Waals surface area contributed by atoms with E-state index in [-0.39, 0.29) is 11.9 Å². The zero-order valence-corrected chi connectivity index (χ0v) is 14.9. The van der Waals surface area contributed by atoms with Crippen LogP contribution in [-0.4, -0.2) is 18.8 Å². The van der Waals surface area contributed by atoms with E-state index >= 15 is 0 Å². The molecule has 1 atom stereocenters. The molecule has 2 aromatic carbocycles. The molecular formula is C17H18BrNO2S. The Morgan fingerprint density at radius 1 is 1.23 bits per heavy atom. The minimum Gasteiger partial charge on any atom is -0.497 e. The van der Waals surface area contributed by atoms with Crippen LogP contribution in [-0.2, 0) is 4.79 Å². The van der Waals surface area contributed by atoms with Gasteiger partial charge in [-0.25, -0.2) is 0 Å². The second kappa shape index (κ2) is 8.25. The van der Waals surface area contributed by atoms with Crippen LogP contribution in [0.4, 0.5) is 0 Å². The van der Waals surface area contributed by atoms with Crippen molar-refractivity contribution in [2.45, 2.75) is 17.9 Å². The van der Waals surface area contributed by atoms with E-state index in [9.17, 15) is 4.79 Å². The first kappa shape index (κ1) is 16.9. The van der Waals surface area contributed by atoms with Crippen LogP contribution >= 0.6 is 27.7 Å². The topological polar surface area (TPSA) is 38.3 Å². The fraction of sp³-hybridized carbons (Fsp3) is 0.235. The molecular weight excluding hydrogens is 362 g/mol. The summed E-state index contributed by atoms with van der Waals surface area (Å²) < 4.78 is 6.12. The summed E-state index contributed by atoms with van der Waals surface area (Å²) in [6.45, 7) is 1.98. The predicted molar refractivity (Wildman–Crippen MR) is 94.4 cm³/mol. The lowest BCUT2D eigenvalue weighted by Gasteiger charge is -2.15. The van der Waals surface area contributed by atoms with E-state index in [0.29, 0.717) is 5.75 Å². The zero-order valence-electron chi connectivity index (χ0n) is 12.5. The molecule has 0 aliphatic carbocycles. The van der Waals surface area contributed by atoms with E-state index < -0.39 is 0 Å². The number of carbonyl (C=O) groups excluding carboxylic acids is 1. The van der Waals surface area contributed by atoms with Gasteiger partial charge in [0.1, 0.15) is 5.75 Å². The second-order valence-electron chi connectivity index (χ2n) is 4.77. The van der Waals surface area contributed by atoms with Crippen LogP contribution in [0.25, 0.3) is 0 Å². The normalized spacial score (nSPS) is 11.8. The van der Waals surface area contributed by atoms with E-state index in [4.69, 9.17) is 4.74 Å². The number of halogens is 1. The molecule has 0 bridgehead atoms. The van der Waals surface area contributed by atoms with E-state index in [1.165, 1.54) is 11.8 Å². The lowest BCUT2D eigenvalue weighted by atomic mass is 10.1. The van der Waals surface area contributed by atoms with E-state index in [2.05, 4.69) is 21.2 Å². The Labute approximate surface area is 143 Å². The lowest BCUT2D eigenvalue weighted by Crippen LogP contribution is -2.28. The van der Waals surface area contributed by atoms with Crippen LogP contribution in [0.15, 0.2) is 57.9 Å². The third-order valence-electron chi connectivity index (χ3n) is 3.18. The van der Waals surface area contributed by atoms with Crippen molar-refractivity contribution < 1.29 is 9.53 Å². The summed E-state index contributed by atoms with van der Waals surface area (Å²) >= 11 is 5.02. The van der Waals surface area contributed by atoms with Crippen LogP contribution in [0.2, 0.25) is 0 Å². The van der Waals surface area contributed by atoms with Crippen LogP contribution < -0.4 is 10.1 Å². The third-order valence-corrected chi connectivity index (χ3v) is 4.91. The number of hydrogen-bond donors (Lipinski definition) is 1. The van der Waals surface area contributed by atoms with Crippen molar-refractivity contribution in [3.05, 3.63) is 58.6 Å². The average Bonchev–Trinajstić information content (AvgIpc) is 2.53. The standard InChI is InChI=1S/C17H18BrNO2S/c1-12(15-5-3-4-6-16(15)18)19-17(20)11-22-14-9-7-13(21-2)8-10-14/h3-10,12H,11H2,1-2H3,(H,19,20)/t12-/m1/s1. The van der Waals surface area contributed by atoms with Gasteiger partial charge in [0.25, 0.3) is 0 Å². The summed E-state index contributed by atoms with van der Waals surface area (Å²) in [5.74, 6) is 1.22. The van der Waals surface area contributed by atoms with E-state index in [0.717, 1.165) is 20.7 Å². The number of nitrogens with one attached hydrogen (secondary N) is 1. The first-order valence-electron chi connectivity index (χ1n) is 6.91. The van der Waals surface area contributed by atoms with Crippen molar-refractivity contribution in [3.63, 3.8) is 0 Å². The smallest absolute Gasteiger partial charge is 0.230 e. The molecule has 22 heavy (non-hydrogen) atoms. The Bertz CT molecular complexity index is 631. The highest BCUT2D eigenvalue weighted by atomic mass is 79.9. The molecule has 0 saturated heterocycles. The number of hydrogen-bond acceptors (Lipinski definition) is 3. The van der Waals surface area contributed by atoms with Gasteiger partial charge in [-0.2, -0.15) is 0 Å². The Morgan fingerprint density at radius 2 is 1.91 bits per heavy atom. The van der Waals surface area contributed by atoms with Crippen LogP contribution in [0.5, 0.6) is 5.75 Å². The molecule has 0 fully saturated rings. The van der Waals surface area contributed by atoms with Crippen LogP contribution in [0.3, 0.4) is 0 Å². The van der Waals surface area contributed by atoms with Gasteiger partial charge >= 0.3 is 0 Å². The van der Waals surface area contributed by atoms with Gasteiger partial charge in [0.2, 0.25) is 5.91 Å². The molecule has 0 aromatic heterocycles. The molecule has 0 spiro atoms. The Kier molecular flexibility index (Phi) is 6.34. The first-order valence-corrected chi connectivity index (χ1v) is 8.68. The highest BCUT2D eigenvalue weighted by Gasteiger charge is 2.12. The quantitative estimate of drug-likeness (QED) is 0.754. The molecule has 3 nitrogen and oxygen atoms in total. The molecule has 116 valence electrons. The molecule has 1 N–H and O–H groups in total. The Morgan fingerprint density at radius 3 is 2.55 bits per heavy atom. The SMILES string of the molecule is COc1ccc(SCC(=O)N[C@H](C)c2ccccc2Br)cc1. The molecule has 0 saturated carbocycles. The number of carbonyl (C=O) groups is 1. The van der Waals surface area contributed by atoms with Gasteiger partial charge in [0.05, 0.1) is 18.9 Å². The molecule has 2 aromatic rings. The highest BCUT2D eigenvalue weighted by molar-refractivity contribution is 9.10. The number of ether oxygens (including phenoxy) is 1. The number of amides is 1. The zero-order chi connectivity index (χ0) is 15.9. The molecule has 5 heteroatoms. The second-order valence-corrected chi connectivity index (χ2v) is 6.68. The van der Waals surface area contributed by atoms with Gasteiger partial charge < -0.3 is 10.1 Å². The fourth-order valence-electron chi connectivity index (χ4n) is 2.01. The molecule has 1 amide bonds. The summed E-state index contributed by atoms with van der Waals surface area (Å²) in [7, 11) is 1.64. The van der Waals surface area contributed by atoms with E-state index in [1.54, 1.807) is 7.11 Å². The van der Waals surface area contributed by atoms with E-state index in [1.807, 2.05) is 55.5 Å². The summed E-state index contributed by atoms with van der Waals surface area (Å²) in [6.07, 6.45) is 0. The van der Waals surface area contributed by atoms with Gasteiger partial charge in [-0.05, 0) is 42.8 Å². The Balaban J connectivity index is 1.86. The minimum atomic E-state index is -0.0282. The first-order chi connectivity index (χ1) is 10.6. The van der Waals surface area contributed by atoms with Gasteiger partial charge in [0, 0.05) is 9.37 Å². The van der Waals surface area contributed by atoms with Crippen molar-refractivity contribution in [2.24, 2.45) is 0 Å². The molecule has 0 aliphatic heterocycles. The van der Waals surface area contributed by atoms with Crippen LogP contribution in [0, 0.1) is 0 Å². The van der Waals surface area contributed by atoms with Gasteiger partial charge in [0.15, 0.2) is 0 Å². The van der Waals surface area contributed by atoms with Crippen molar-refractivity contribution in [1.82, 2.24) is 5.32 Å². The molecule has 2 rings (SSSR count). The van der Waals surface area contributed by atoms with Crippen molar-refractivity contribution in [1.29, 1.82) is 0 Å². The van der Waals surface area contributed by atoms with Crippen molar-refractivity contribution >= 4 is 33.6 Å². The summed E-state index contributed by atoms with van der Waals surface area (Å²) in [5, 5.41) is 3.02. The maximum Gasteiger partial charge on any atom is 0.230 e. The monoisotopic (exact) mass is 379 g/mol. The molecule has 0 radical (unpaired) electrons. The number of thioether (sulfide) groups is 1. The fourth-order valence-corrected chi connectivity index (χ4v) is 3.35. The minimum absolute atomic E-state index is 0.0177. The molecule has 0 aliphatic rings. The van der Waals surface area contributed by atoms with Crippen LogP contribution in [0.1, 0.15) is 18.5 Å². The lowest BCUT2D eigenvalue weighted by molar-refractivity contribution is -0.119. The number of benzene rings is 2. The maximum atomic E-state index is 12.1. The highest BCUT2D eigenvalue weighted by Crippen LogP contribution is 2.24. The predicted octanol–water partition coefficient (Wildman–Crippen LogP) is 4.43. The largest absolute Gasteiger partial charge is 0.497 e. The van der Waals surface area contributed by atoms with Gasteiger partial charge in [-0.1, -0.05) is 34.1 Å². The molecule has 0 unspecified atom stereocenters.